The number of carbonyl (C=O) groups is 1. The highest BCUT2D eigenvalue weighted by molar-refractivity contribution is 5.96. The van der Waals surface area contributed by atoms with E-state index in [1.54, 1.807) is 10.9 Å². The number of fused-ring (bicyclic) bond motifs is 1. The smallest absolute Gasteiger partial charge is 0.232 e. The van der Waals surface area contributed by atoms with Crippen LogP contribution in [0.4, 0.5) is 17.1 Å². The SMILES string of the molecule is Cn1cc(Nc2cccc(NC(=O)[C@@]34CCCC[C@H]3CNC4)c2)cn1. The van der Waals surface area contributed by atoms with Gasteiger partial charge in [-0.25, -0.2) is 0 Å². The molecule has 2 heterocycles. The molecule has 1 saturated carbocycles. The number of nitrogens with one attached hydrogen (secondary N) is 3. The second-order valence-electron chi connectivity index (χ2n) is 7.29. The van der Waals surface area contributed by atoms with Crippen LogP contribution in [-0.2, 0) is 11.8 Å². The summed E-state index contributed by atoms with van der Waals surface area (Å²) >= 11 is 0. The number of benzene rings is 1. The van der Waals surface area contributed by atoms with Gasteiger partial charge in [0.25, 0.3) is 0 Å². The third-order valence-corrected chi connectivity index (χ3v) is 5.60. The van der Waals surface area contributed by atoms with Gasteiger partial charge in [-0.1, -0.05) is 18.9 Å². The van der Waals surface area contributed by atoms with Crippen LogP contribution >= 0.6 is 0 Å². The molecule has 1 saturated heterocycles. The van der Waals surface area contributed by atoms with E-state index in [-0.39, 0.29) is 11.3 Å². The third kappa shape index (κ3) is 3.14. The molecule has 2 atom stereocenters. The van der Waals surface area contributed by atoms with E-state index in [0.29, 0.717) is 5.92 Å². The van der Waals surface area contributed by atoms with Crippen LogP contribution in [0.5, 0.6) is 0 Å². The molecule has 4 rings (SSSR count). The van der Waals surface area contributed by atoms with Gasteiger partial charge in [-0.2, -0.15) is 5.10 Å². The van der Waals surface area contributed by atoms with Crippen LogP contribution in [-0.4, -0.2) is 28.8 Å². The lowest BCUT2D eigenvalue weighted by Gasteiger charge is -2.37. The van der Waals surface area contributed by atoms with Crippen LogP contribution in [0.25, 0.3) is 0 Å². The van der Waals surface area contributed by atoms with Crippen molar-refractivity contribution in [1.29, 1.82) is 0 Å². The fourth-order valence-corrected chi connectivity index (χ4v) is 4.27. The van der Waals surface area contributed by atoms with Crippen molar-refractivity contribution in [2.24, 2.45) is 18.4 Å². The highest BCUT2D eigenvalue weighted by Gasteiger charge is 2.49. The van der Waals surface area contributed by atoms with Gasteiger partial charge in [0, 0.05) is 31.2 Å². The zero-order valence-corrected chi connectivity index (χ0v) is 14.6. The van der Waals surface area contributed by atoms with E-state index in [9.17, 15) is 4.79 Å². The Morgan fingerprint density at radius 1 is 1.32 bits per heavy atom. The lowest BCUT2D eigenvalue weighted by Crippen LogP contribution is -2.44. The van der Waals surface area contributed by atoms with E-state index in [0.717, 1.165) is 49.4 Å². The summed E-state index contributed by atoms with van der Waals surface area (Å²) in [5.74, 6) is 0.638. The van der Waals surface area contributed by atoms with Gasteiger partial charge in [-0.15, -0.1) is 0 Å². The number of amides is 1. The summed E-state index contributed by atoms with van der Waals surface area (Å²) in [5.41, 5.74) is 2.47. The summed E-state index contributed by atoms with van der Waals surface area (Å²) in [7, 11) is 1.89. The first kappa shape index (κ1) is 16.1. The van der Waals surface area contributed by atoms with E-state index in [2.05, 4.69) is 21.0 Å². The number of aryl methyl sites for hydroxylation is 1. The van der Waals surface area contributed by atoms with Crippen LogP contribution in [0.1, 0.15) is 25.7 Å². The second kappa shape index (κ2) is 6.52. The van der Waals surface area contributed by atoms with Gasteiger partial charge in [-0.3, -0.25) is 9.48 Å². The predicted octanol–water partition coefficient (Wildman–Crippen LogP) is 2.88. The molecule has 1 aliphatic carbocycles. The van der Waals surface area contributed by atoms with Gasteiger partial charge in [0.05, 0.1) is 17.3 Å². The van der Waals surface area contributed by atoms with Crippen LogP contribution in [0.3, 0.4) is 0 Å². The van der Waals surface area contributed by atoms with Crippen molar-refractivity contribution in [3.8, 4) is 0 Å². The standard InChI is InChI=1S/C19H25N5O/c1-24-12-17(11-21-24)22-15-6-4-7-16(9-15)23-18(25)19-8-3-2-5-14(19)10-20-13-19/h4,6-7,9,11-12,14,20,22H,2-3,5,8,10,13H2,1H3,(H,23,25)/t14-,19+/m0/s1. The summed E-state index contributed by atoms with van der Waals surface area (Å²) in [6.07, 6.45) is 8.23. The number of hydrogen-bond donors (Lipinski definition) is 3. The van der Waals surface area contributed by atoms with Crippen molar-refractivity contribution in [3.05, 3.63) is 36.7 Å². The van der Waals surface area contributed by atoms with E-state index in [4.69, 9.17) is 0 Å². The Labute approximate surface area is 148 Å². The highest BCUT2D eigenvalue weighted by Crippen LogP contribution is 2.44. The van der Waals surface area contributed by atoms with Crippen molar-refractivity contribution >= 4 is 23.0 Å². The van der Waals surface area contributed by atoms with Crippen molar-refractivity contribution < 1.29 is 4.79 Å². The van der Waals surface area contributed by atoms with Crippen molar-refractivity contribution in [1.82, 2.24) is 15.1 Å². The fraction of sp³-hybridized carbons (Fsp3) is 0.474. The Bertz CT molecular complexity index is 771. The molecule has 1 aromatic carbocycles. The van der Waals surface area contributed by atoms with Gasteiger partial charge < -0.3 is 16.0 Å². The van der Waals surface area contributed by atoms with Crippen LogP contribution < -0.4 is 16.0 Å². The van der Waals surface area contributed by atoms with E-state index in [1.807, 2.05) is 37.5 Å². The number of aromatic nitrogens is 2. The largest absolute Gasteiger partial charge is 0.353 e. The number of rotatable bonds is 4. The van der Waals surface area contributed by atoms with Gasteiger partial charge in [0.1, 0.15) is 0 Å². The summed E-state index contributed by atoms with van der Waals surface area (Å²) in [6, 6.07) is 7.86. The average Bonchev–Trinajstić information content (AvgIpc) is 3.22. The molecule has 6 heteroatoms. The number of hydrogen-bond acceptors (Lipinski definition) is 4. The summed E-state index contributed by atoms with van der Waals surface area (Å²) < 4.78 is 1.75. The molecule has 25 heavy (non-hydrogen) atoms. The summed E-state index contributed by atoms with van der Waals surface area (Å²) in [5, 5.41) is 14.1. The maximum atomic E-state index is 13.1. The molecule has 1 amide bonds. The minimum absolute atomic E-state index is 0.167. The lowest BCUT2D eigenvalue weighted by atomic mass is 9.67. The molecule has 0 radical (unpaired) electrons. The molecule has 132 valence electrons. The van der Waals surface area contributed by atoms with Crippen molar-refractivity contribution in [2.75, 3.05) is 23.7 Å². The summed E-state index contributed by atoms with van der Waals surface area (Å²) in [4.78, 5) is 13.1. The zero-order valence-electron chi connectivity index (χ0n) is 14.6. The average molecular weight is 339 g/mol. The van der Waals surface area contributed by atoms with Gasteiger partial charge >= 0.3 is 0 Å². The quantitative estimate of drug-likeness (QED) is 0.801. The number of nitrogens with zero attached hydrogens (tertiary/aromatic N) is 2. The van der Waals surface area contributed by atoms with Gasteiger partial charge in [0.2, 0.25) is 5.91 Å². The zero-order chi connectivity index (χ0) is 17.3. The minimum Gasteiger partial charge on any atom is -0.353 e. The molecule has 3 N–H and O–H groups in total. The number of anilines is 3. The first-order valence-electron chi connectivity index (χ1n) is 9.04. The lowest BCUT2D eigenvalue weighted by molar-refractivity contribution is -0.128. The first-order chi connectivity index (χ1) is 12.2. The highest BCUT2D eigenvalue weighted by atomic mass is 16.2. The third-order valence-electron chi connectivity index (χ3n) is 5.60. The van der Waals surface area contributed by atoms with E-state index >= 15 is 0 Å². The maximum absolute atomic E-state index is 13.1. The number of carbonyl (C=O) groups excluding carboxylic acids is 1. The van der Waals surface area contributed by atoms with Crippen LogP contribution in [0.15, 0.2) is 36.7 Å². The molecule has 6 nitrogen and oxygen atoms in total. The molecule has 0 bridgehead atoms. The van der Waals surface area contributed by atoms with E-state index < -0.39 is 0 Å². The second-order valence-corrected chi connectivity index (χ2v) is 7.29. The van der Waals surface area contributed by atoms with Gasteiger partial charge in [0.15, 0.2) is 0 Å². The minimum atomic E-state index is -0.231. The molecule has 2 aromatic rings. The fourth-order valence-electron chi connectivity index (χ4n) is 4.27. The Morgan fingerprint density at radius 3 is 3.04 bits per heavy atom. The molecule has 0 spiro atoms. The van der Waals surface area contributed by atoms with E-state index in [1.165, 1.54) is 6.42 Å². The Balaban J connectivity index is 1.49. The first-order valence-corrected chi connectivity index (χ1v) is 9.04. The Hall–Kier alpha value is -2.34. The molecule has 1 aliphatic heterocycles. The van der Waals surface area contributed by atoms with Crippen LogP contribution in [0.2, 0.25) is 0 Å². The molecule has 0 unspecified atom stereocenters. The predicted molar refractivity (Wildman–Crippen MR) is 98.8 cm³/mol. The molecule has 1 aromatic heterocycles. The maximum Gasteiger partial charge on any atom is 0.232 e. The molecular formula is C19H25N5O. The summed E-state index contributed by atoms with van der Waals surface area (Å²) in [6.45, 7) is 1.77. The monoisotopic (exact) mass is 339 g/mol. The molecule has 2 aliphatic rings. The normalized spacial score (nSPS) is 25.4. The van der Waals surface area contributed by atoms with Crippen molar-refractivity contribution in [3.63, 3.8) is 0 Å². The molecular weight excluding hydrogens is 314 g/mol. The van der Waals surface area contributed by atoms with Crippen molar-refractivity contribution in [2.45, 2.75) is 25.7 Å². The topological polar surface area (TPSA) is 71.0 Å². The molecule has 2 fully saturated rings. The Morgan fingerprint density at radius 2 is 2.20 bits per heavy atom. The Kier molecular flexibility index (Phi) is 4.21. The van der Waals surface area contributed by atoms with Gasteiger partial charge in [-0.05, 0) is 43.5 Å². The van der Waals surface area contributed by atoms with Crippen LogP contribution in [0, 0.1) is 11.3 Å².